The number of halogens is 1. The summed E-state index contributed by atoms with van der Waals surface area (Å²) >= 11 is 0. The van der Waals surface area contributed by atoms with E-state index >= 15 is 0 Å². The Kier molecular flexibility index (Phi) is 7.75. The number of anilines is 2. The van der Waals surface area contributed by atoms with Gasteiger partial charge in [-0.15, -0.1) is 5.10 Å². The number of aromatic nitrogens is 3. The van der Waals surface area contributed by atoms with Crippen molar-refractivity contribution < 1.29 is 18.7 Å². The molecule has 2 heterocycles. The van der Waals surface area contributed by atoms with Crippen LogP contribution in [0.3, 0.4) is 0 Å². The van der Waals surface area contributed by atoms with Crippen molar-refractivity contribution in [2.24, 2.45) is 5.73 Å². The smallest absolute Gasteiger partial charge is 0.253 e. The summed E-state index contributed by atoms with van der Waals surface area (Å²) < 4.78 is 20.3. The molecular weight excluding hydrogens is 523 g/mol. The first-order valence-electron chi connectivity index (χ1n) is 12.9. The monoisotopic (exact) mass is 552 g/mol. The van der Waals surface area contributed by atoms with Gasteiger partial charge in [0.05, 0.1) is 18.8 Å². The number of ketones is 1. The number of nitrogens with one attached hydrogen (secondary N) is 1. The van der Waals surface area contributed by atoms with Crippen LogP contribution in [-0.2, 0) is 11.2 Å². The van der Waals surface area contributed by atoms with Gasteiger partial charge in [-0.25, -0.2) is 8.91 Å². The number of carbonyl (C=O) groups is 2. The van der Waals surface area contributed by atoms with Gasteiger partial charge >= 0.3 is 0 Å². The Morgan fingerprint density at radius 3 is 2.39 bits per heavy atom. The molecule has 0 aliphatic carbocycles. The van der Waals surface area contributed by atoms with Crippen LogP contribution in [-0.4, -0.2) is 52.4 Å². The molecule has 0 aliphatic heterocycles. The molecule has 0 radical (unpaired) electrons. The quantitative estimate of drug-likeness (QED) is 0.270. The van der Waals surface area contributed by atoms with Crippen LogP contribution in [0.2, 0.25) is 0 Å². The lowest BCUT2D eigenvalue weighted by molar-refractivity contribution is -0.119. The lowest BCUT2D eigenvalue weighted by atomic mass is 9.97. The van der Waals surface area contributed by atoms with E-state index in [4.69, 9.17) is 10.5 Å². The summed E-state index contributed by atoms with van der Waals surface area (Å²) in [4.78, 5) is 31.0. The van der Waals surface area contributed by atoms with Crippen LogP contribution in [0.4, 0.5) is 16.0 Å². The second-order valence-corrected chi connectivity index (χ2v) is 9.76. The second kappa shape index (κ2) is 11.6. The summed E-state index contributed by atoms with van der Waals surface area (Å²) in [5, 5.41) is 7.71. The van der Waals surface area contributed by atoms with Gasteiger partial charge < -0.3 is 20.7 Å². The number of nitrogens with two attached hydrogens (primary N) is 1. The lowest BCUT2D eigenvalue weighted by Crippen LogP contribution is -2.23. The molecule has 0 aliphatic rings. The number of rotatable bonds is 9. The predicted octanol–water partition coefficient (Wildman–Crippen LogP) is 4.80. The number of hydrogen-bond donors (Lipinski definition) is 2. The first-order chi connectivity index (χ1) is 19.7. The third-order valence-corrected chi connectivity index (χ3v) is 6.67. The molecule has 0 bridgehead atoms. The minimum absolute atomic E-state index is 0.124. The molecule has 0 saturated carbocycles. The van der Waals surface area contributed by atoms with Gasteiger partial charge in [-0.1, -0.05) is 36.4 Å². The number of amides is 1. The van der Waals surface area contributed by atoms with Crippen LogP contribution in [0.15, 0.2) is 85.1 Å². The van der Waals surface area contributed by atoms with E-state index in [1.807, 2.05) is 42.6 Å². The van der Waals surface area contributed by atoms with Crippen molar-refractivity contribution in [3.8, 4) is 16.9 Å². The molecule has 208 valence electrons. The Balaban J connectivity index is 1.29. The Hall–Kier alpha value is -5.09. The highest BCUT2D eigenvalue weighted by molar-refractivity contribution is 5.95. The highest BCUT2D eigenvalue weighted by atomic mass is 19.1. The zero-order valence-corrected chi connectivity index (χ0v) is 22.8. The number of fused-ring (bicyclic) bond motifs is 1. The molecule has 0 saturated heterocycles. The normalized spacial score (nSPS) is 11.7. The minimum atomic E-state index is -0.814. The summed E-state index contributed by atoms with van der Waals surface area (Å²) in [5.41, 5.74) is 11.1. The van der Waals surface area contributed by atoms with E-state index in [-0.39, 0.29) is 23.9 Å². The van der Waals surface area contributed by atoms with Crippen LogP contribution in [0, 0.1) is 5.82 Å². The number of Topliss-reactive ketones (excluding diaryl/α,β-unsaturated/α-hetero) is 1. The van der Waals surface area contributed by atoms with Gasteiger partial charge in [0.2, 0.25) is 5.95 Å². The molecule has 1 atom stereocenters. The standard InChI is InChI=1S/C31H29FN6O3/c1-37(2)30(40)22-10-14-25(27(17-22)41-3)34-31-35-28-15-11-23(18-38(28)36-31)20-6-4-19(5-7-20)16-26(39)29(33)21-8-12-24(32)13-9-21/h4-15,17-18,29H,16,33H2,1-3H3,(H,34,36)/t29-/m1/s1. The van der Waals surface area contributed by atoms with Gasteiger partial charge in [-0.2, -0.15) is 4.98 Å². The number of ether oxygens (including phenoxy) is 1. The van der Waals surface area contributed by atoms with Crippen LogP contribution < -0.4 is 15.8 Å². The highest BCUT2D eigenvalue weighted by Crippen LogP contribution is 2.29. The molecule has 3 aromatic carbocycles. The summed E-state index contributed by atoms with van der Waals surface area (Å²) in [5.74, 6) is 0.225. The fourth-order valence-electron chi connectivity index (χ4n) is 4.40. The number of benzene rings is 3. The Morgan fingerprint density at radius 1 is 1.00 bits per heavy atom. The summed E-state index contributed by atoms with van der Waals surface area (Å²) in [6, 6.07) is 21.4. The van der Waals surface area contributed by atoms with Gasteiger partial charge in [0.1, 0.15) is 11.6 Å². The minimum Gasteiger partial charge on any atom is -0.495 e. The van der Waals surface area contributed by atoms with Gasteiger partial charge in [0, 0.05) is 37.8 Å². The number of hydrogen-bond acceptors (Lipinski definition) is 7. The van der Waals surface area contributed by atoms with Crippen LogP contribution in [0.1, 0.15) is 27.5 Å². The van der Waals surface area contributed by atoms with E-state index in [0.29, 0.717) is 34.2 Å². The van der Waals surface area contributed by atoms with Crippen molar-refractivity contribution in [2.45, 2.75) is 12.5 Å². The molecule has 10 heteroatoms. The van der Waals surface area contributed by atoms with Crippen LogP contribution in [0.25, 0.3) is 16.8 Å². The molecule has 1 amide bonds. The van der Waals surface area contributed by atoms with E-state index in [1.54, 1.807) is 36.8 Å². The van der Waals surface area contributed by atoms with Gasteiger partial charge in [-0.05, 0) is 59.2 Å². The Bertz CT molecular complexity index is 1710. The lowest BCUT2D eigenvalue weighted by Gasteiger charge is -2.13. The molecule has 5 aromatic rings. The zero-order valence-electron chi connectivity index (χ0n) is 22.8. The first kappa shape index (κ1) is 27.5. The molecule has 0 unspecified atom stereocenters. The fraction of sp³-hybridized carbons (Fsp3) is 0.161. The molecule has 41 heavy (non-hydrogen) atoms. The molecular formula is C31H29FN6O3. The largest absolute Gasteiger partial charge is 0.495 e. The summed E-state index contributed by atoms with van der Waals surface area (Å²) in [6.45, 7) is 0. The van der Waals surface area contributed by atoms with E-state index in [9.17, 15) is 14.0 Å². The summed E-state index contributed by atoms with van der Waals surface area (Å²) in [7, 11) is 4.92. The van der Waals surface area contributed by atoms with Crippen molar-refractivity contribution >= 4 is 29.0 Å². The van der Waals surface area contributed by atoms with E-state index in [2.05, 4.69) is 15.4 Å². The predicted molar refractivity (Wildman–Crippen MR) is 155 cm³/mol. The molecule has 2 aromatic heterocycles. The molecule has 0 fully saturated rings. The van der Waals surface area contributed by atoms with Gasteiger partial charge in [0.25, 0.3) is 5.91 Å². The van der Waals surface area contributed by atoms with E-state index in [0.717, 1.165) is 16.7 Å². The van der Waals surface area contributed by atoms with Gasteiger partial charge in [-0.3, -0.25) is 9.59 Å². The Morgan fingerprint density at radius 2 is 1.71 bits per heavy atom. The summed E-state index contributed by atoms with van der Waals surface area (Å²) in [6.07, 6.45) is 2.04. The first-order valence-corrected chi connectivity index (χ1v) is 12.9. The van der Waals surface area contributed by atoms with Crippen molar-refractivity contribution in [1.29, 1.82) is 0 Å². The molecule has 0 spiro atoms. The maximum absolute atomic E-state index is 13.2. The third-order valence-electron chi connectivity index (χ3n) is 6.67. The SMILES string of the molecule is COc1cc(C(=O)N(C)C)ccc1Nc1nc2ccc(-c3ccc(CC(=O)[C@H](N)c4ccc(F)cc4)cc3)cn2n1. The Labute approximate surface area is 236 Å². The maximum Gasteiger partial charge on any atom is 0.253 e. The number of pyridine rings is 1. The average Bonchev–Trinajstić information content (AvgIpc) is 3.39. The molecule has 5 rings (SSSR count). The molecule has 3 N–H and O–H groups in total. The zero-order chi connectivity index (χ0) is 29.1. The number of carbonyl (C=O) groups excluding carboxylic acids is 2. The topological polar surface area (TPSA) is 115 Å². The number of methoxy groups -OCH3 is 1. The maximum atomic E-state index is 13.2. The van der Waals surface area contributed by atoms with Crippen molar-refractivity contribution in [2.75, 3.05) is 26.5 Å². The van der Waals surface area contributed by atoms with Gasteiger partial charge in [0.15, 0.2) is 11.4 Å². The second-order valence-electron chi connectivity index (χ2n) is 9.76. The number of nitrogens with zero attached hydrogens (tertiary/aromatic N) is 4. The van der Waals surface area contributed by atoms with Crippen molar-refractivity contribution in [3.63, 3.8) is 0 Å². The third kappa shape index (κ3) is 6.07. The highest BCUT2D eigenvalue weighted by Gasteiger charge is 2.17. The fourth-order valence-corrected chi connectivity index (χ4v) is 4.40. The molecule has 9 nitrogen and oxygen atoms in total. The van der Waals surface area contributed by atoms with Crippen molar-refractivity contribution in [1.82, 2.24) is 19.5 Å². The van der Waals surface area contributed by atoms with E-state index < -0.39 is 6.04 Å². The van der Waals surface area contributed by atoms with E-state index in [1.165, 1.54) is 36.3 Å². The van der Waals surface area contributed by atoms with Crippen LogP contribution >= 0.6 is 0 Å². The average molecular weight is 553 g/mol. The van der Waals surface area contributed by atoms with Crippen LogP contribution in [0.5, 0.6) is 5.75 Å². The van der Waals surface area contributed by atoms with Crippen molar-refractivity contribution in [3.05, 3.63) is 108 Å².